The van der Waals surface area contributed by atoms with Crippen LogP contribution in [0.15, 0.2) is 18.2 Å². The fourth-order valence-electron chi connectivity index (χ4n) is 2.79. The van der Waals surface area contributed by atoms with E-state index in [2.05, 4.69) is 45.9 Å². The van der Waals surface area contributed by atoms with Gasteiger partial charge in [-0.1, -0.05) is 46.8 Å². The first-order valence-corrected chi connectivity index (χ1v) is 8.62. The van der Waals surface area contributed by atoms with Gasteiger partial charge in [0.15, 0.2) is 0 Å². The number of carbonyl (C=O) groups excluding carboxylic acids is 1. The molecule has 1 aromatic rings. The van der Waals surface area contributed by atoms with E-state index in [1.807, 2.05) is 13.8 Å². The summed E-state index contributed by atoms with van der Waals surface area (Å²) in [7, 11) is 0. The van der Waals surface area contributed by atoms with E-state index >= 15 is 0 Å². The van der Waals surface area contributed by atoms with E-state index in [0.29, 0.717) is 31.1 Å². The number of benzene rings is 1. The van der Waals surface area contributed by atoms with Crippen molar-refractivity contribution < 1.29 is 9.53 Å². The SMILES string of the molecule is CCOc1ccc(C(CC)CCC(=O)CC)cc1C(C)(C)C. The van der Waals surface area contributed by atoms with Crippen LogP contribution in [0.3, 0.4) is 0 Å². The van der Waals surface area contributed by atoms with Gasteiger partial charge in [0.25, 0.3) is 0 Å². The van der Waals surface area contributed by atoms with Gasteiger partial charge in [-0.2, -0.15) is 0 Å². The third-order valence-electron chi connectivity index (χ3n) is 4.24. The van der Waals surface area contributed by atoms with Crippen LogP contribution in [-0.2, 0) is 10.2 Å². The van der Waals surface area contributed by atoms with Crippen LogP contribution in [0.2, 0.25) is 0 Å². The van der Waals surface area contributed by atoms with Gasteiger partial charge >= 0.3 is 0 Å². The second kappa shape index (κ2) is 8.36. The van der Waals surface area contributed by atoms with Gasteiger partial charge in [0.2, 0.25) is 0 Å². The number of hydrogen-bond donors (Lipinski definition) is 0. The molecule has 2 nitrogen and oxygen atoms in total. The molecule has 0 aliphatic heterocycles. The van der Waals surface area contributed by atoms with Crippen LogP contribution in [0.5, 0.6) is 5.75 Å². The molecule has 0 heterocycles. The van der Waals surface area contributed by atoms with E-state index in [1.165, 1.54) is 11.1 Å². The smallest absolute Gasteiger partial charge is 0.132 e. The lowest BCUT2D eigenvalue weighted by Crippen LogP contribution is -2.15. The molecule has 0 aromatic heterocycles. The third-order valence-corrected chi connectivity index (χ3v) is 4.24. The Morgan fingerprint density at radius 3 is 2.36 bits per heavy atom. The summed E-state index contributed by atoms with van der Waals surface area (Å²) in [6.45, 7) is 13.5. The molecule has 2 heteroatoms. The molecule has 0 bridgehead atoms. The molecule has 0 fully saturated rings. The van der Waals surface area contributed by atoms with E-state index in [0.717, 1.165) is 18.6 Å². The maximum absolute atomic E-state index is 11.6. The molecule has 124 valence electrons. The maximum Gasteiger partial charge on any atom is 0.132 e. The number of rotatable bonds is 8. The van der Waals surface area contributed by atoms with Gasteiger partial charge in [-0.3, -0.25) is 4.79 Å². The molecule has 0 saturated carbocycles. The number of Topliss-reactive ketones (excluding diaryl/α,β-unsaturated/α-hetero) is 1. The fraction of sp³-hybridized carbons (Fsp3) is 0.650. The van der Waals surface area contributed by atoms with Crippen LogP contribution >= 0.6 is 0 Å². The molecule has 0 amide bonds. The van der Waals surface area contributed by atoms with Crippen LogP contribution < -0.4 is 4.74 Å². The van der Waals surface area contributed by atoms with Crippen molar-refractivity contribution in [2.24, 2.45) is 0 Å². The first kappa shape index (κ1) is 18.7. The number of ether oxygens (including phenoxy) is 1. The Balaban J connectivity index is 3.05. The average Bonchev–Trinajstić information content (AvgIpc) is 2.47. The van der Waals surface area contributed by atoms with Crippen molar-refractivity contribution >= 4 is 5.78 Å². The summed E-state index contributed by atoms with van der Waals surface area (Å²) in [5.74, 6) is 1.80. The molecule has 1 atom stereocenters. The lowest BCUT2D eigenvalue weighted by molar-refractivity contribution is -0.118. The van der Waals surface area contributed by atoms with Crippen LogP contribution in [0, 0.1) is 0 Å². The molecular weight excluding hydrogens is 272 g/mol. The Hall–Kier alpha value is -1.31. The van der Waals surface area contributed by atoms with Crippen molar-refractivity contribution in [1.82, 2.24) is 0 Å². The zero-order valence-electron chi connectivity index (χ0n) is 15.2. The first-order valence-electron chi connectivity index (χ1n) is 8.62. The fourth-order valence-corrected chi connectivity index (χ4v) is 2.79. The van der Waals surface area contributed by atoms with Gasteiger partial charge < -0.3 is 4.74 Å². The number of carbonyl (C=O) groups is 1. The highest BCUT2D eigenvalue weighted by molar-refractivity contribution is 5.78. The highest BCUT2D eigenvalue weighted by atomic mass is 16.5. The Bertz CT molecular complexity index is 483. The zero-order valence-corrected chi connectivity index (χ0v) is 15.2. The summed E-state index contributed by atoms with van der Waals surface area (Å²) in [4.78, 5) is 11.6. The van der Waals surface area contributed by atoms with Crippen molar-refractivity contribution in [2.75, 3.05) is 6.61 Å². The minimum absolute atomic E-state index is 0.0536. The van der Waals surface area contributed by atoms with Crippen LogP contribution in [0.25, 0.3) is 0 Å². The Morgan fingerprint density at radius 2 is 1.86 bits per heavy atom. The molecule has 1 unspecified atom stereocenters. The van der Waals surface area contributed by atoms with Gasteiger partial charge in [0.1, 0.15) is 11.5 Å². The van der Waals surface area contributed by atoms with Crippen LogP contribution in [0.1, 0.15) is 84.3 Å². The molecule has 1 aromatic carbocycles. The summed E-state index contributed by atoms with van der Waals surface area (Å²) in [5.41, 5.74) is 2.64. The highest BCUT2D eigenvalue weighted by Crippen LogP contribution is 2.35. The molecular formula is C20H32O2. The summed E-state index contributed by atoms with van der Waals surface area (Å²) in [6.07, 6.45) is 3.34. The normalized spacial score (nSPS) is 13.0. The van der Waals surface area contributed by atoms with E-state index in [9.17, 15) is 4.79 Å². The number of hydrogen-bond acceptors (Lipinski definition) is 2. The molecule has 1 rings (SSSR count). The quantitative estimate of drug-likeness (QED) is 0.621. The monoisotopic (exact) mass is 304 g/mol. The third kappa shape index (κ3) is 5.15. The van der Waals surface area contributed by atoms with Gasteiger partial charge in [-0.05, 0) is 48.3 Å². The molecule has 0 aliphatic rings. The Labute approximate surface area is 136 Å². The van der Waals surface area contributed by atoms with Crippen molar-refractivity contribution in [2.45, 2.75) is 78.6 Å². The summed E-state index contributed by atoms with van der Waals surface area (Å²) >= 11 is 0. The predicted molar refractivity (Wildman–Crippen MR) is 93.9 cm³/mol. The van der Waals surface area contributed by atoms with Gasteiger partial charge in [0.05, 0.1) is 6.61 Å². The lowest BCUT2D eigenvalue weighted by Gasteiger charge is -2.25. The summed E-state index contributed by atoms with van der Waals surface area (Å²) in [5, 5.41) is 0. The van der Waals surface area contributed by atoms with Gasteiger partial charge in [-0.25, -0.2) is 0 Å². The predicted octanol–water partition coefficient (Wildman–Crippen LogP) is 5.64. The standard InChI is InChI=1S/C20H32O2/c1-7-15(10-12-17(21)8-2)16-11-13-19(22-9-3)18(14-16)20(4,5)6/h11,13-15H,7-10,12H2,1-6H3. The maximum atomic E-state index is 11.6. The largest absolute Gasteiger partial charge is 0.494 e. The second-order valence-corrected chi connectivity index (χ2v) is 6.97. The van der Waals surface area contributed by atoms with Crippen molar-refractivity contribution in [3.8, 4) is 5.75 Å². The molecule has 0 spiro atoms. The topological polar surface area (TPSA) is 26.3 Å². The van der Waals surface area contributed by atoms with Crippen molar-refractivity contribution in [3.63, 3.8) is 0 Å². The van der Waals surface area contributed by atoms with Crippen molar-refractivity contribution in [3.05, 3.63) is 29.3 Å². The molecule has 0 aliphatic carbocycles. The average molecular weight is 304 g/mol. The van der Waals surface area contributed by atoms with E-state index in [4.69, 9.17) is 4.74 Å². The van der Waals surface area contributed by atoms with E-state index in [1.54, 1.807) is 0 Å². The Morgan fingerprint density at radius 1 is 1.18 bits per heavy atom. The van der Waals surface area contributed by atoms with E-state index < -0.39 is 0 Å². The zero-order chi connectivity index (χ0) is 16.8. The lowest BCUT2D eigenvalue weighted by atomic mass is 9.82. The van der Waals surface area contributed by atoms with Crippen molar-refractivity contribution in [1.29, 1.82) is 0 Å². The molecule has 0 saturated heterocycles. The Kier molecular flexibility index (Phi) is 7.12. The first-order chi connectivity index (χ1) is 10.3. The second-order valence-electron chi connectivity index (χ2n) is 6.97. The molecule has 22 heavy (non-hydrogen) atoms. The summed E-state index contributed by atoms with van der Waals surface area (Å²) < 4.78 is 5.79. The molecule has 0 radical (unpaired) electrons. The van der Waals surface area contributed by atoms with Gasteiger partial charge in [0, 0.05) is 12.8 Å². The van der Waals surface area contributed by atoms with Gasteiger partial charge in [-0.15, -0.1) is 0 Å². The van der Waals surface area contributed by atoms with E-state index in [-0.39, 0.29) is 5.41 Å². The minimum Gasteiger partial charge on any atom is -0.494 e. The summed E-state index contributed by atoms with van der Waals surface area (Å²) in [6, 6.07) is 6.56. The number of ketones is 1. The van der Waals surface area contributed by atoms with Crippen LogP contribution in [-0.4, -0.2) is 12.4 Å². The highest BCUT2D eigenvalue weighted by Gasteiger charge is 2.21. The molecule has 0 N–H and O–H groups in total. The van der Waals surface area contributed by atoms with Crippen LogP contribution in [0.4, 0.5) is 0 Å². The minimum atomic E-state index is 0.0536.